The molecule has 23 heavy (non-hydrogen) atoms. The summed E-state index contributed by atoms with van der Waals surface area (Å²) in [7, 11) is 0. The van der Waals surface area contributed by atoms with Crippen molar-refractivity contribution in [2.45, 2.75) is 19.1 Å². The highest BCUT2D eigenvalue weighted by molar-refractivity contribution is 5.83. The van der Waals surface area contributed by atoms with Crippen LogP contribution in [0.2, 0.25) is 0 Å². The lowest BCUT2D eigenvalue weighted by molar-refractivity contribution is -0.146. The number of hydrogen-bond donors (Lipinski definition) is 1. The highest BCUT2D eigenvalue weighted by Crippen LogP contribution is 2.31. The van der Waals surface area contributed by atoms with Crippen LogP contribution in [-0.4, -0.2) is 66.5 Å². The van der Waals surface area contributed by atoms with Crippen LogP contribution in [0.15, 0.2) is 24.3 Å². The fraction of sp³-hybridized carbons (Fsp3) is 0.500. The van der Waals surface area contributed by atoms with Gasteiger partial charge in [-0.25, -0.2) is 0 Å². The number of ether oxygens (including phenoxy) is 2. The molecule has 0 aromatic heterocycles. The Kier molecular flexibility index (Phi) is 4.38. The molecule has 3 rings (SSSR count). The third-order valence-electron chi connectivity index (χ3n) is 4.08. The molecule has 0 bridgehead atoms. The molecule has 0 spiro atoms. The number of para-hydroxylation sites is 2. The maximum absolute atomic E-state index is 12.6. The SMILES string of the molecule is C[C@H](N)C(=O)N1CCN(C(=O)C2COc3ccccc3O2)CC1. The van der Waals surface area contributed by atoms with Crippen LogP contribution in [0, 0.1) is 0 Å². The highest BCUT2D eigenvalue weighted by atomic mass is 16.6. The number of nitrogens with zero attached hydrogens (tertiary/aromatic N) is 2. The number of hydrogen-bond acceptors (Lipinski definition) is 5. The van der Waals surface area contributed by atoms with Crippen LogP contribution in [0.3, 0.4) is 0 Å². The molecule has 0 radical (unpaired) electrons. The Bertz CT molecular complexity index is 597. The molecule has 2 aliphatic heterocycles. The average Bonchev–Trinajstić information content (AvgIpc) is 2.60. The molecule has 7 nitrogen and oxygen atoms in total. The zero-order valence-electron chi connectivity index (χ0n) is 13.1. The van der Waals surface area contributed by atoms with Crippen molar-refractivity contribution in [1.29, 1.82) is 0 Å². The van der Waals surface area contributed by atoms with Gasteiger partial charge in [-0.1, -0.05) is 12.1 Å². The summed E-state index contributed by atoms with van der Waals surface area (Å²) in [6.07, 6.45) is -0.638. The Hall–Kier alpha value is -2.28. The van der Waals surface area contributed by atoms with Crippen molar-refractivity contribution in [2.75, 3.05) is 32.8 Å². The molecule has 1 saturated heterocycles. The number of fused-ring (bicyclic) bond motifs is 1. The minimum absolute atomic E-state index is 0.0803. The summed E-state index contributed by atoms with van der Waals surface area (Å²) in [5.74, 6) is 1.06. The standard InChI is InChI=1S/C16H21N3O4/c1-11(17)15(20)18-6-8-19(9-7-18)16(21)14-10-22-12-4-2-3-5-13(12)23-14/h2-5,11,14H,6-10,17H2,1H3/t11-,14?/m0/s1. The van der Waals surface area contributed by atoms with Crippen LogP contribution in [0.1, 0.15) is 6.92 Å². The van der Waals surface area contributed by atoms with Crippen LogP contribution in [0.5, 0.6) is 11.5 Å². The normalized spacial score (nSPS) is 21.7. The first kappa shape index (κ1) is 15.6. The Morgan fingerprint density at radius 3 is 2.39 bits per heavy atom. The second-order valence-corrected chi connectivity index (χ2v) is 5.80. The van der Waals surface area contributed by atoms with E-state index in [1.807, 2.05) is 18.2 Å². The molecular weight excluding hydrogens is 298 g/mol. The maximum Gasteiger partial charge on any atom is 0.267 e. The number of benzene rings is 1. The monoisotopic (exact) mass is 319 g/mol. The molecule has 124 valence electrons. The van der Waals surface area contributed by atoms with Gasteiger partial charge in [-0.15, -0.1) is 0 Å². The van der Waals surface area contributed by atoms with Crippen molar-refractivity contribution in [1.82, 2.24) is 9.80 Å². The van der Waals surface area contributed by atoms with E-state index in [1.165, 1.54) is 0 Å². The largest absolute Gasteiger partial charge is 0.485 e. The molecule has 2 aliphatic rings. The van der Waals surface area contributed by atoms with Gasteiger partial charge < -0.3 is 25.0 Å². The average molecular weight is 319 g/mol. The van der Waals surface area contributed by atoms with E-state index < -0.39 is 12.1 Å². The molecule has 2 heterocycles. The van der Waals surface area contributed by atoms with Gasteiger partial charge in [0, 0.05) is 26.2 Å². The number of nitrogens with two attached hydrogens (primary N) is 1. The first-order chi connectivity index (χ1) is 11.1. The van der Waals surface area contributed by atoms with Crippen LogP contribution in [0.4, 0.5) is 0 Å². The van der Waals surface area contributed by atoms with Crippen molar-refractivity contribution in [3.8, 4) is 11.5 Å². The van der Waals surface area contributed by atoms with Gasteiger partial charge in [-0.05, 0) is 19.1 Å². The Labute approximate surface area is 134 Å². The summed E-state index contributed by atoms with van der Waals surface area (Å²) in [5.41, 5.74) is 5.62. The zero-order chi connectivity index (χ0) is 16.4. The molecule has 7 heteroatoms. The van der Waals surface area contributed by atoms with E-state index in [-0.39, 0.29) is 18.4 Å². The van der Waals surface area contributed by atoms with Gasteiger partial charge >= 0.3 is 0 Å². The number of carbonyl (C=O) groups excluding carboxylic acids is 2. The van der Waals surface area contributed by atoms with Crippen molar-refractivity contribution >= 4 is 11.8 Å². The molecule has 2 atom stereocenters. The van der Waals surface area contributed by atoms with Crippen molar-refractivity contribution < 1.29 is 19.1 Å². The smallest absolute Gasteiger partial charge is 0.267 e. The minimum Gasteiger partial charge on any atom is -0.485 e. The summed E-state index contributed by atoms with van der Waals surface area (Å²) >= 11 is 0. The predicted octanol–water partition coefficient (Wildman–Crippen LogP) is -0.156. The van der Waals surface area contributed by atoms with E-state index in [4.69, 9.17) is 15.2 Å². The fourth-order valence-corrected chi connectivity index (χ4v) is 2.78. The molecule has 1 unspecified atom stereocenters. The van der Waals surface area contributed by atoms with E-state index in [1.54, 1.807) is 22.8 Å². The molecule has 1 aromatic rings. The van der Waals surface area contributed by atoms with Crippen LogP contribution >= 0.6 is 0 Å². The molecule has 0 saturated carbocycles. The van der Waals surface area contributed by atoms with Crippen LogP contribution < -0.4 is 15.2 Å². The molecule has 2 amide bonds. The number of amides is 2. The van der Waals surface area contributed by atoms with E-state index >= 15 is 0 Å². The quantitative estimate of drug-likeness (QED) is 0.819. The Morgan fingerprint density at radius 2 is 1.74 bits per heavy atom. The summed E-state index contributed by atoms with van der Waals surface area (Å²) in [4.78, 5) is 27.8. The van der Waals surface area contributed by atoms with Gasteiger partial charge in [0.25, 0.3) is 5.91 Å². The van der Waals surface area contributed by atoms with Gasteiger partial charge in [0.05, 0.1) is 6.04 Å². The topological polar surface area (TPSA) is 85.1 Å². The van der Waals surface area contributed by atoms with Crippen LogP contribution in [0.25, 0.3) is 0 Å². The van der Waals surface area contributed by atoms with E-state index in [0.29, 0.717) is 37.7 Å². The fourth-order valence-electron chi connectivity index (χ4n) is 2.78. The summed E-state index contributed by atoms with van der Waals surface area (Å²) < 4.78 is 11.3. The lowest BCUT2D eigenvalue weighted by atomic mass is 10.2. The van der Waals surface area contributed by atoms with E-state index in [2.05, 4.69) is 0 Å². The summed E-state index contributed by atoms with van der Waals surface area (Å²) in [6, 6.07) is 6.79. The molecule has 1 fully saturated rings. The molecule has 0 aliphatic carbocycles. The number of carbonyl (C=O) groups is 2. The Morgan fingerprint density at radius 1 is 1.13 bits per heavy atom. The third kappa shape index (κ3) is 3.24. The minimum atomic E-state index is -0.638. The van der Waals surface area contributed by atoms with E-state index in [0.717, 1.165) is 0 Å². The second kappa shape index (κ2) is 6.45. The van der Waals surface area contributed by atoms with Crippen LogP contribution in [-0.2, 0) is 9.59 Å². The summed E-state index contributed by atoms with van der Waals surface area (Å²) in [5, 5.41) is 0. The first-order valence-corrected chi connectivity index (χ1v) is 7.78. The van der Waals surface area contributed by atoms with Gasteiger partial charge in [-0.2, -0.15) is 0 Å². The molecular formula is C16H21N3O4. The van der Waals surface area contributed by atoms with Crippen molar-refractivity contribution in [2.24, 2.45) is 5.73 Å². The zero-order valence-corrected chi connectivity index (χ0v) is 13.1. The van der Waals surface area contributed by atoms with E-state index in [9.17, 15) is 9.59 Å². The second-order valence-electron chi connectivity index (χ2n) is 5.80. The number of piperazine rings is 1. The van der Waals surface area contributed by atoms with Gasteiger partial charge in [0.1, 0.15) is 6.61 Å². The Balaban J connectivity index is 1.57. The van der Waals surface area contributed by atoms with Gasteiger partial charge in [0.15, 0.2) is 11.5 Å². The van der Waals surface area contributed by atoms with Crippen molar-refractivity contribution in [3.05, 3.63) is 24.3 Å². The first-order valence-electron chi connectivity index (χ1n) is 7.78. The molecule has 2 N–H and O–H groups in total. The number of rotatable bonds is 2. The lowest BCUT2D eigenvalue weighted by Crippen LogP contribution is -2.56. The summed E-state index contributed by atoms with van der Waals surface area (Å²) in [6.45, 7) is 3.84. The van der Waals surface area contributed by atoms with Crippen molar-refractivity contribution in [3.63, 3.8) is 0 Å². The third-order valence-corrected chi connectivity index (χ3v) is 4.08. The lowest BCUT2D eigenvalue weighted by Gasteiger charge is -2.37. The van der Waals surface area contributed by atoms with Gasteiger partial charge in [0.2, 0.25) is 12.0 Å². The highest BCUT2D eigenvalue weighted by Gasteiger charge is 2.33. The van der Waals surface area contributed by atoms with Gasteiger partial charge in [-0.3, -0.25) is 9.59 Å². The predicted molar refractivity (Wildman–Crippen MR) is 83.2 cm³/mol. The maximum atomic E-state index is 12.6. The molecule has 1 aromatic carbocycles.